The maximum absolute atomic E-state index is 4.66. The first-order valence-electron chi connectivity index (χ1n) is 6.34. The molecule has 3 aromatic rings. The monoisotopic (exact) mass is 269 g/mol. The van der Waals surface area contributed by atoms with Crippen molar-refractivity contribution >= 4 is 27.2 Å². The molecule has 0 unspecified atom stereocenters. The van der Waals surface area contributed by atoms with E-state index >= 15 is 0 Å². The number of pyridine rings is 1. The molecule has 3 rings (SSSR count). The van der Waals surface area contributed by atoms with Gasteiger partial charge in [-0.3, -0.25) is 4.98 Å². The van der Waals surface area contributed by atoms with Crippen LogP contribution in [-0.4, -0.2) is 17.0 Å². The molecule has 1 N–H and O–H groups in total. The van der Waals surface area contributed by atoms with Crippen LogP contribution in [0.2, 0.25) is 0 Å². The van der Waals surface area contributed by atoms with Crippen LogP contribution in [0.15, 0.2) is 36.5 Å². The van der Waals surface area contributed by atoms with Gasteiger partial charge in [0.2, 0.25) is 0 Å². The fraction of sp³-hybridized carbons (Fsp3) is 0.200. The minimum atomic E-state index is 0.964. The molecule has 0 aliphatic rings. The Balaban J connectivity index is 2.04. The number of rotatable bonds is 3. The van der Waals surface area contributed by atoms with Crippen LogP contribution in [-0.2, 0) is 6.42 Å². The van der Waals surface area contributed by atoms with Crippen LogP contribution in [0.3, 0.4) is 0 Å². The summed E-state index contributed by atoms with van der Waals surface area (Å²) in [4.78, 5) is 9.10. The third-order valence-corrected chi connectivity index (χ3v) is 4.18. The molecule has 1 aromatic carbocycles. The molecule has 2 aromatic heterocycles. The maximum Gasteiger partial charge on any atom is 0.126 e. The molecule has 0 spiro atoms. The van der Waals surface area contributed by atoms with Crippen molar-refractivity contribution in [1.29, 1.82) is 0 Å². The number of aromatic nitrogens is 2. The number of nitrogens with one attached hydrogen (secondary N) is 1. The zero-order valence-corrected chi connectivity index (χ0v) is 11.8. The first kappa shape index (κ1) is 12.1. The Morgan fingerprint density at radius 3 is 2.79 bits per heavy atom. The fourth-order valence-electron chi connectivity index (χ4n) is 1.96. The van der Waals surface area contributed by atoms with Crippen molar-refractivity contribution in [2.45, 2.75) is 13.3 Å². The third-order valence-electron chi connectivity index (χ3n) is 3.11. The summed E-state index contributed by atoms with van der Waals surface area (Å²) in [6.45, 7) is 2.11. The lowest BCUT2D eigenvalue weighted by Gasteiger charge is -1.97. The number of anilines is 1. The van der Waals surface area contributed by atoms with Crippen molar-refractivity contribution < 1.29 is 0 Å². The first-order chi connectivity index (χ1) is 9.30. The topological polar surface area (TPSA) is 37.8 Å². The predicted octanol–water partition coefficient (Wildman–Crippen LogP) is 3.96. The van der Waals surface area contributed by atoms with Gasteiger partial charge in [-0.1, -0.05) is 6.92 Å². The number of fused-ring (bicyclic) bond motifs is 1. The SMILES string of the molecule is CCc1ccc(-c2nc3ccc(NC)cc3s2)cn1. The van der Waals surface area contributed by atoms with E-state index < -0.39 is 0 Å². The van der Waals surface area contributed by atoms with Crippen molar-refractivity contribution in [3.8, 4) is 10.6 Å². The summed E-state index contributed by atoms with van der Waals surface area (Å²) in [5.74, 6) is 0. The van der Waals surface area contributed by atoms with E-state index in [9.17, 15) is 0 Å². The molecule has 0 aliphatic carbocycles. The lowest BCUT2D eigenvalue weighted by Crippen LogP contribution is -1.86. The summed E-state index contributed by atoms with van der Waals surface area (Å²) >= 11 is 1.70. The maximum atomic E-state index is 4.66. The molecule has 2 heterocycles. The molecule has 0 atom stereocenters. The highest BCUT2D eigenvalue weighted by atomic mass is 32.1. The van der Waals surface area contributed by atoms with E-state index in [1.807, 2.05) is 19.3 Å². The van der Waals surface area contributed by atoms with Crippen molar-refractivity contribution in [3.63, 3.8) is 0 Å². The van der Waals surface area contributed by atoms with Gasteiger partial charge < -0.3 is 5.32 Å². The highest BCUT2D eigenvalue weighted by Crippen LogP contribution is 2.31. The van der Waals surface area contributed by atoms with E-state index in [-0.39, 0.29) is 0 Å². The standard InChI is InChI=1S/C15H15N3S/c1-3-11-5-4-10(9-17-11)15-18-13-7-6-12(16-2)8-14(13)19-15/h4-9,16H,3H2,1-2H3. The quantitative estimate of drug-likeness (QED) is 0.782. The smallest absolute Gasteiger partial charge is 0.126 e. The first-order valence-corrected chi connectivity index (χ1v) is 7.15. The summed E-state index contributed by atoms with van der Waals surface area (Å²) in [5.41, 5.74) is 4.35. The number of nitrogens with zero attached hydrogens (tertiary/aromatic N) is 2. The molecule has 0 bridgehead atoms. The van der Waals surface area contributed by atoms with Gasteiger partial charge in [-0.15, -0.1) is 11.3 Å². The third kappa shape index (κ3) is 2.31. The van der Waals surface area contributed by atoms with Gasteiger partial charge in [-0.25, -0.2) is 4.98 Å². The van der Waals surface area contributed by atoms with E-state index in [1.165, 1.54) is 4.70 Å². The second-order valence-corrected chi connectivity index (χ2v) is 5.37. The molecule has 0 radical (unpaired) electrons. The average molecular weight is 269 g/mol. The van der Waals surface area contributed by atoms with Gasteiger partial charge in [0.1, 0.15) is 5.01 Å². The summed E-state index contributed by atoms with van der Waals surface area (Å²) in [6.07, 6.45) is 2.88. The van der Waals surface area contributed by atoms with Crippen LogP contribution in [0.25, 0.3) is 20.8 Å². The number of hydrogen-bond acceptors (Lipinski definition) is 4. The lowest BCUT2D eigenvalue weighted by molar-refractivity contribution is 1.04. The van der Waals surface area contributed by atoms with E-state index in [4.69, 9.17) is 0 Å². The number of thiazole rings is 1. The average Bonchev–Trinajstić information content (AvgIpc) is 2.90. The molecular formula is C15H15N3S. The van der Waals surface area contributed by atoms with Crippen molar-refractivity contribution in [3.05, 3.63) is 42.2 Å². The Morgan fingerprint density at radius 1 is 1.21 bits per heavy atom. The van der Waals surface area contributed by atoms with E-state index in [1.54, 1.807) is 11.3 Å². The van der Waals surface area contributed by atoms with Crippen LogP contribution in [0.1, 0.15) is 12.6 Å². The minimum Gasteiger partial charge on any atom is -0.388 e. The van der Waals surface area contributed by atoms with Gasteiger partial charge in [0.05, 0.1) is 10.2 Å². The van der Waals surface area contributed by atoms with Gasteiger partial charge >= 0.3 is 0 Å². The van der Waals surface area contributed by atoms with Gasteiger partial charge in [0.25, 0.3) is 0 Å². The summed E-state index contributed by atoms with van der Waals surface area (Å²) in [7, 11) is 1.93. The zero-order valence-electron chi connectivity index (χ0n) is 11.0. The Kier molecular flexibility index (Phi) is 3.17. The number of hydrogen-bond donors (Lipinski definition) is 1. The highest BCUT2D eigenvalue weighted by Gasteiger charge is 2.07. The van der Waals surface area contributed by atoms with Crippen molar-refractivity contribution in [2.75, 3.05) is 12.4 Å². The Labute approximate surface area is 116 Å². The van der Waals surface area contributed by atoms with Crippen LogP contribution >= 0.6 is 11.3 Å². The molecule has 0 aliphatic heterocycles. The molecule has 0 saturated carbocycles. The predicted molar refractivity (Wildman–Crippen MR) is 81.8 cm³/mol. The van der Waals surface area contributed by atoms with E-state index in [0.29, 0.717) is 0 Å². The fourth-order valence-corrected chi connectivity index (χ4v) is 2.96. The molecule has 4 heteroatoms. The summed E-state index contributed by atoms with van der Waals surface area (Å²) < 4.78 is 1.20. The Morgan fingerprint density at radius 2 is 2.11 bits per heavy atom. The molecule has 0 amide bonds. The Bertz CT molecular complexity index is 701. The molecule has 3 nitrogen and oxygen atoms in total. The van der Waals surface area contributed by atoms with Crippen LogP contribution in [0.4, 0.5) is 5.69 Å². The van der Waals surface area contributed by atoms with Crippen LogP contribution in [0, 0.1) is 0 Å². The normalized spacial score (nSPS) is 10.8. The largest absolute Gasteiger partial charge is 0.388 e. The second kappa shape index (κ2) is 4.97. The second-order valence-electron chi connectivity index (χ2n) is 4.34. The molecule has 0 saturated heterocycles. The molecular weight excluding hydrogens is 254 g/mol. The zero-order chi connectivity index (χ0) is 13.2. The highest BCUT2D eigenvalue weighted by molar-refractivity contribution is 7.21. The molecule has 0 fully saturated rings. The lowest BCUT2D eigenvalue weighted by atomic mass is 10.2. The van der Waals surface area contributed by atoms with Crippen molar-refractivity contribution in [2.24, 2.45) is 0 Å². The number of benzene rings is 1. The van der Waals surface area contributed by atoms with E-state index in [0.717, 1.165) is 33.9 Å². The van der Waals surface area contributed by atoms with Gasteiger partial charge in [0.15, 0.2) is 0 Å². The van der Waals surface area contributed by atoms with Gasteiger partial charge in [0, 0.05) is 30.2 Å². The summed E-state index contributed by atoms with van der Waals surface area (Å²) in [5, 5.41) is 4.18. The van der Waals surface area contributed by atoms with Crippen molar-refractivity contribution in [1.82, 2.24) is 9.97 Å². The summed E-state index contributed by atoms with van der Waals surface area (Å²) in [6, 6.07) is 10.4. The minimum absolute atomic E-state index is 0.964. The van der Waals surface area contributed by atoms with Gasteiger partial charge in [-0.2, -0.15) is 0 Å². The molecule has 96 valence electrons. The molecule has 19 heavy (non-hydrogen) atoms. The Hall–Kier alpha value is -1.94. The van der Waals surface area contributed by atoms with Gasteiger partial charge in [-0.05, 0) is 36.8 Å². The number of aryl methyl sites for hydroxylation is 1. The van der Waals surface area contributed by atoms with Crippen LogP contribution in [0.5, 0.6) is 0 Å². The van der Waals surface area contributed by atoms with E-state index in [2.05, 4.69) is 46.5 Å². The van der Waals surface area contributed by atoms with Crippen LogP contribution < -0.4 is 5.32 Å².